The van der Waals surface area contributed by atoms with Gasteiger partial charge in [-0.2, -0.15) is 0 Å². The van der Waals surface area contributed by atoms with E-state index in [2.05, 4.69) is 12.2 Å². The van der Waals surface area contributed by atoms with Crippen molar-refractivity contribution < 1.29 is 8.42 Å². The van der Waals surface area contributed by atoms with Gasteiger partial charge in [0.2, 0.25) is 10.0 Å². The van der Waals surface area contributed by atoms with Crippen LogP contribution in [0.4, 0.5) is 0 Å². The highest BCUT2D eigenvalue weighted by Crippen LogP contribution is 2.29. The molecule has 0 bridgehead atoms. The Balaban J connectivity index is 2.03. The van der Waals surface area contributed by atoms with E-state index >= 15 is 0 Å². The molecule has 1 saturated heterocycles. The first kappa shape index (κ1) is 15.3. The third kappa shape index (κ3) is 3.50. The molecule has 0 aromatic carbocycles. The van der Waals surface area contributed by atoms with Crippen molar-refractivity contribution in [2.75, 3.05) is 20.1 Å². The lowest BCUT2D eigenvalue weighted by molar-refractivity contribution is 0.226. The lowest BCUT2D eigenvalue weighted by Crippen LogP contribution is -2.48. The van der Waals surface area contributed by atoms with Crippen LogP contribution in [0, 0.1) is 5.92 Å². The molecule has 4 nitrogen and oxygen atoms in total. The van der Waals surface area contributed by atoms with Crippen molar-refractivity contribution in [2.24, 2.45) is 5.92 Å². The number of nitrogens with one attached hydrogen (secondary N) is 1. The Morgan fingerprint density at radius 2 is 1.79 bits per heavy atom. The first-order valence-electron chi connectivity index (χ1n) is 7.72. The summed E-state index contributed by atoms with van der Waals surface area (Å²) in [5, 5.41) is 3.16. The second kappa shape index (κ2) is 6.55. The molecule has 2 aliphatic rings. The second-order valence-corrected chi connectivity index (χ2v) is 8.36. The van der Waals surface area contributed by atoms with Crippen molar-refractivity contribution in [1.29, 1.82) is 0 Å². The highest BCUT2D eigenvalue weighted by molar-refractivity contribution is 7.89. The van der Waals surface area contributed by atoms with Crippen LogP contribution in [-0.4, -0.2) is 44.2 Å². The fourth-order valence-corrected chi connectivity index (χ4v) is 5.56. The molecular weight excluding hydrogens is 260 g/mol. The van der Waals surface area contributed by atoms with E-state index in [4.69, 9.17) is 0 Å². The van der Waals surface area contributed by atoms with Crippen molar-refractivity contribution >= 4 is 10.0 Å². The molecule has 112 valence electrons. The maximum absolute atomic E-state index is 12.7. The van der Waals surface area contributed by atoms with Gasteiger partial charge in [-0.3, -0.25) is 0 Å². The minimum Gasteiger partial charge on any atom is -0.317 e. The Morgan fingerprint density at radius 3 is 2.42 bits per heavy atom. The molecule has 0 aromatic heterocycles. The molecule has 5 heteroatoms. The van der Waals surface area contributed by atoms with E-state index in [9.17, 15) is 8.42 Å². The maximum atomic E-state index is 12.7. The van der Waals surface area contributed by atoms with Gasteiger partial charge in [0.15, 0.2) is 0 Å². The summed E-state index contributed by atoms with van der Waals surface area (Å²) in [6, 6.07) is 0.393. The maximum Gasteiger partial charge on any atom is 0.216 e. The summed E-state index contributed by atoms with van der Waals surface area (Å²) in [7, 11) is -1.10. The average molecular weight is 288 g/mol. The van der Waals surface area contributed by atoms with Gasteiger partial charge >= 0.3 is 0 Å². The Kier molecular flexibility index (Phi) is 5.26. The molecule has 2 fully saturated rings. The number of piperidine rings is 1. The molecule has 1 N–H and O–H groups in total. The summed E-state index contributed by atoms with van der Waals surface area (Å²) >= 11 is 0. The van der Waals surface area contributed by atoms with Gasteiger partial charge in [0.1, 0.15) is 0 Å². The molecule has 1 aliphatic heterocycles. The Labute approximate surface area is 118 Å². The summed E-state index contributed by atoms with van der Waals surface area (Å²) < 4.78 is 27.2. The summed E-state index contributed by atoms with van der Waals surface area (Å²) in [6.45, 7) is 3.59. The summed E-state index contributed by atoms with van der Waals surface area (Å²) in [5.41, 5.74) is 0. The van der Waals surface area contributed by atoms with Crippen LogP contribution in [0.1, 0.15) is 51.9 Å². The monoisotopic (exact) mass is 288 g/mol. The van der Waals surface area contributed by atoms with Crippen molar-refractivity contribution in [1.82, 2.24) is 9.62 Å². The van der Waals surface area contributed by atoms with E-state index in [1.165, 1.54) is 6.42 Å². The van der Waals surface area contributed by atoms with Gasteiger partial charge in [0, 0.05) is 19.1 Å². The van der Waals surface area contributed by atoms with Crippen molar-refractivity contribution in [3.8, 4) is 0 Å². The van der Waals surface area contributed by atoms with Gasteiger partial charge < -0.3 is 5.32 Å². The Hall–Kier alpha value is -0.130. The molecule has 1 heterocycles. The molecule has 19 heavy (non-hydrogen) atoms. The second-order valence-electron chi connectivity index (χ2n) is 6.14. The standard InChI is InChI=1S/C14H28N2O2S/c1-12(15-2)13-7-6-10-16(11-13)19(17,18)14-8-4-3-5-9-14/h12-15H,3-11H2,1-2H3. The van der Waals surface area contributed by atoms with Gasteiger partial charge in [-0.25, -0.2) is 12.7 Å². The molecule has 2 unspecified atom stereocenters. The van der Waals surface area contributed by atoms with E-state index in [-0.39, 0.29) is 5.25 Å². The summed E-state index contributed by atoms with van der Waals surface area (Å²) in [5.74, 6) is 0.456. The van der Waals surface area contributed by atoms with Crippen LogP contribution in [0.15, 0.2) is 0 Å². The number of rotatable bonds is 4. The molecule has 0 spiro atoms. The fourth-order valence-electron chi connectivity index (χ4n) is 3.42. The minimum absolute atomic E-state index is 0.107. The average Bonchev–Trinajstić information content (AvgIpc) is 2.47. The number of hydrogen-bond acceptors (Lipinski definition) is 3. The highest BCUT2D eigenvalue weighted by Gasteiger charge is 2.36. The van der Waals surface area contributed by atoms with Gasteiger partial charge in [-0.1, -0.05) is 19.3 Å². The van der Waals surface area contributed by atoms with Gasteiger partial charge in [-0.05, 0) is 45.6 Å². The van der Waals surface area contributed by atoms with Gasteiger partial charge in [0.25, 0.3) is 0 Å². The fraction of sp³-hybridized carbons (Fsp3) is 1.00. The first-order chi connectivity index (χ1) is 9.05. The van der Waals surface area contributed by atoms with Gasteiger partial charge in [0.05, 0.1) is 5.25 Å². The van der Waals surface area contributed by atoms with Crippen molar-refractivity contribution in [3.05, 3.63) is 0 Å². The van der Waals surface area contributed by atoms with Crippen LogP contribution in [0.2, 0.25) is 0 Å². The van der Waals surface area contributed by atoms with Crippen LogP contribution in [-0.2, 0) is 10.0 Å². The molecule has 1 saturated carbocycles. The van der Waals surface area contributed by atoms with E-state index in [0.29, 0.717) is 18.5 Å². The van der Waals surface area contributed by atoms with Crippen molar-refractivity contribution in [2.45, 2.75) is 63.2 Å². The summed E-state index contributed by atoms with van der Waals surface area (Å²) in [4.78, 5) is 0. The zero-order valence-electron chi connectivity index (χ0n) is 12.3. The number of sulfonamides is 1. The lowest BCUT2D eigenvalue weighted by Gasteiger charge is -2.37. The molecular formula is C14H28N2O2S. The number of nitrogens with zero attached hydrogens (tertiary/aromatic N) is 1. The third-order valence-corrected chi connectivity index (χ3v) is 7.28. The van der Waals surface area contributed by atoms with Crippen LogP contribution < -0.4 is 5.32 Å². The van der Waals surface area contributed by atoms with Gasteiger partial charge in [-0.15, -0.1) is 0 Å². The van der Waals surface area contributed by atoms with Crippen LogP contribution in [0.5, 0.6) is 0 Å². The largest absolute Gasteiger partial charge is 0.317 e. The van der Waals surface area contributed by atoms with E-state index in [1.54, 1.807) is 4.31 Å². The smallest absolute Gasteiger partial charge is 0.216 e. The first-order valence-corrected chi connectivity index (χ1v) is 9.22. The molecule has 2 atom stereocenters. The van der Waals surface area contributed by atoms with Crippen LogP contribution in [0.3, 0.4) is 0 Å². The topological polar surface area (TPSA) is 49.4 Å². The van der Waals surface area contributed by atoms with Crippen LogP contribution in [0.25, 0.3) is 0 Å². The molecule has 0 radical (unpaired) electrons. The van der Waals surface area contributed by atoms with Crippen molar-refractivity contribution in [3.63, 3.8) is 0 Å². The van der Waals surface area contributed by atoms with Crippen LogP contribution >= 0.6 is 0 Å². The predicted octanol–water partition coefficient (Wildman–Crippen LogP) is 1.97. The zero-order chi connectivity index (χ0) is 13.9. The van der Waals surface area contributed by atoms with E-state index < -0.39 is 10.0 Å². The molecule has 0 amide bonds. The molecule has 1 aliphatic carbocycles. The Morgan fingerprint density at radius 1 is 1.11 bits per heavy atom. The minimum atomic E-state index is -3.05. The predicted molar refractivity (Wildman–Crippen MR) is 78.6 cm³/mol. The SMILES string of the molecule is CNC(C)C1CCCN(S(=O)(=O)C2CCCCC2)C1. The molecule has 0 aromatic rings. The quantitative estimate of drug-likeness (QED) is 0.860. The third-order valence-electron chi connectivity index (χ3n) is 4.92. The van der Waals surface area contributed by atoms with E-state index in [1.807, 2.05) is 7.05 Å². The molecule has 2 rings (SSSR count). The van der Waals surface area contributed by atoms with E-state index in [0.717, 1.165) is 45.1 Å². The lowest BCUT2D eigenvalue weighted by atomic mass is 9.93. The summed E-state index contributed by atoms with van der Waals surface area (Å²) in [6.07, 6.45) is 7.23. The number of hydrogen-bond donors (Lipinski definition) is 1. The Bertz CT molecular complexity index is 377. The highest BCUT2D eigenvalue weighted by atomic mass is 32.2. The normalized spacial score (nSPS) is 29.3. The zero-order valence-corrected chi connectivity index (χ0v) is 13.1.